The Bertz CT molecular complexity index is 993. The lowest BCUT2D eigenvalue weighted by Gasteiger charge is -2.16. The normalized spacial score (nSPS) is 11.3. The van der Waals surface area contributed by atoms with E-state index in [1.54, 1.807) is 40.5 Å². The second-order valence-electron chi connectivity index (χ2n) is 7.55. The van der Waals surface area contributed by atoms with E-state index in [0.717, 1.165) is 17.0 Å². The number of carbonyl (C=O) groups is 1. The standard InChI is InChI=1S/C21H26FN5OS/c1-13(2)12-29-21-23-18(15-6-8-17(22)9-7-15)19(24-21)20(28)26(4)10-16-11-27(5)25-14(16)3/h6-9,11,13H,10,12H2,1-5H3,(H,23,24). The Morgan fingerprint density at radius 1 is 1.31 bits per heavy atom. The second kappa shape index (κ2) is 8.82. The number of aromatic amines is 1. The molecule has 8 heteroatoms. The van der Waals surface area contributed by atoms with E-state index in [1.807, 2.05) is 20.2 Å². The number of aromatic nitrogens is 4. The summed E-state index contributed by atoms with van der Waals surface area (Å²) < 4.78 is 15.1. The minimum absolute atomic E-state index is 0.170. The monoisotopic (exact) mass is 415 g/mol. The van der Waals surface area contributed by atoms with Crippen LogP contribution in [0.25, 0.3) is 11.3 Å². The minimum Gasteiger partial charge on any atom is -0.336 e. The minimum atomic E-state index is -0.323. The molecule has 154 valence electrons. The third kappa shape index (κ3) is 5.06. The number of imidazole rings is 1. The van der Waals surface area contributed by atoms with Gasteiger partial charge in [0.2, 0.25) is 0 Å². The molecule has 2 heterocycles. The van der Waals surface area contributed by atoms with E-state index in [1.165, 1.54) is 12.1 Å². The largest absolute Gasteiger partial charge is 0.336 e. The highest BCUT2D eigenvalue weighted by atomic mass is 32.2. The Morgan fingerprint density at radius 3 is 2.59 bits per heavy atom. The van der Waals surface area contributed by atoms with E-state index in [2.05, 4.69) is 28.9 Å². The fourth-order valence-electron chi connectivity index (χ4n) is 2.96. The summed E-state index contributed by atoms with van der Waals surface area (Å²) in [7, 11) is 3.61. The van der Waals surface area contributed by atoms with Crippen LogP contribution in [0.15, 0.2) is 35.6 Å². The lowest BCUT2D eigenvalue weighted by atomic mass is 10.1. The van der Waals surface area contributed by atoms with Crippen molar-refractivity contribution in [2.24, 2.45) is 13.0 Å². The molecule has 3 rings (SSSR count). The van der Waals surface area contributed by atoms with Crippen molar-refractivity contribution in [1.29, 1.82) is 0 Å². The number of rotatable bonds is 7. The molecular weight excluding hydrogens is 389 g/mol. The van der Waals surface area contributed by atoms with Crippen molar-refractivity contribution in [2.45, 2.75) is 32.5 Å². The van der Waals surface area contributed by atoms with Gasteiger partial charge in [-0.25, -0.2) is 9.37 Å². The van der Waals surface area contributed by atoms with Gasteiger partial charge in [-0.2, -0.15) is 5.10 Å². The van der Waals surface area contributed by atoms with Crippen molar-refractivity contribution < 1.29 is 9.18 Å². The predicted octanol–water partition coefficient (Wildman–Crippen LogP) is 4.28. The molecule has 1 aromatic carbocycles. The van der Waals surface area contributed by atoms with Gasteiger partial charge in [-0.15, -0.1) is 0 Å². The first kappa shape index (κ1) is 21.1. The van der Waals surface area contributed by atoms with Gasteiger partial charge in [0.15, 0.2) is 5.16 Å². The maximum absolute atomic E-state index is 13.4. The Labute approximate surface area is 174 Å². The third-order valence-corrected chi connectivity index (χ3v) is 5.74. The Hall–Kier alpha value is -2.61. The van der Waals surface area contributed by atoms with Crippen LogP contribution in [0.4, 0.5) is 4.39 Å². The second-order valence-corrected chi connectivity index (χ2v) is 8.56. The lowest BCUT2D eigenvalue weighted by molar-refractivity contribution is 0.0780. The lowest BCUT2D eigenvalue weighted by Crippen LogP contribution is -2.27. The van der Waals surface area contributed by atoms with Gasteiger partial charge < -0.3 is 9.88 Å². The van der Waals surface area contributed by atoms with Crippen molar-refractivity contribution in [1.82, 2.24) is 24.6 Å². The summed E-state index contributed by atoms with van der Waals surface area (Å²) >= 11 is 1.58. The van der Waals surface area contributed by atoms with Gasteiger partial charge in [0, 0.05) is 43.7 Å². The summed E-state index contributed by atoms with van der Waals surface area (Å²) in [6.07, 6.45) is 1.91. The molecule has 29 heavy (non-hydrogen) atoms. The number of H-pyrrole nitrogens is 1. The Balaban J connectivity index is 1.91. The first-order valence-electron chi connectivity index (χ1n) is 9.48. The van der Waals surface area contributed by atoms with Gasteiger partial charge in [-0.3, -0.25) is 9.48 Å². The average molecular weight is 416 g/mol. The summed E-state index contributed by atoms with van der Waals surface area (Å²) in [6, 6.07) is 6.04. The van der Waals surface area contributed by atoms with Gasteiger partial charge in [-0.05, 0) is 37.1 Å². The van der Waals surface area contributed by atoms with Crippen molar-refractivity contribution in [3.05, 3.63) is 53.2 Å². The Morgan fingerprint density at radius 2 is 2.00 bits per heavy atom. The van der Waals surface area contributed by atoms with Crippen LogP contribution in [-0.2, 0) is 13.6 Å². The van der Waals surface area contributed by atoms with Crippen LogP contribution < -0.4 is 0 Å². The van der Waals surface area contributed by atoms with E-state index in [4.69, 9.17) is 0 Å². The van der Waals surface area contributed by atoms with Crippen LogP contribution in [0.3, 0.4) is 0 Å². The molecule has 0 aliphatic carbocycles. The number of nitrogens with zero attached hydrogens (tertiary/aromatic N) is 4. The zero-order chi connectivity index (χ0) is 21.1. The van der Waals surface area contributed by atoms with Crippen molar-refractivity contribution in [2.75, 3.05) is 12.8 Å². The molecule has 3 aromatic rings. The molecular formula is C21H26FN5OS. The van der Waals surface area contributed by atoms with Gasteiger partial charge in [0.25, 0.3) is 5.91 Å². The Kier molecular flexibility index (Phi) is 6.42. The molecule has 1 amide bonds. The highest BCUT2D eigenvalue weighted by molar-refractivity contribution is 7.99. The molecule has 2 aromatic heterocycles. The quantitative estimate of drug-likeness (QED) is 0.585. The molecule has 1 N–H and O–H groups in total. The molecule has 0 unspecified atom stereocenters. The zero-order valence-corrected chi connectivity index (χ0v) is 18.2. The van der Waals surface area contributed by atoms with Gasteiger partial charge in [0.1, 0.15) is 17.2 Å². The molecule has 0 radical (unpaired) electrons. The number of carbonyl (C=O) groups excluding carboxylic acids is 1. The fourth-order valence-corrected chi connectivity index (χ4v) is 3.78. The van der Waals surface area contributed by atoms with Gasteiger partial charge in [-0.1, -0.05) is 25.6 Å². The topological polar surface area (TPSA) is 66.8 Å². The van der Waals surface area contributed by atoms with E-state index in [0.29, 0.717) is 34.6 Å². The molecule has 0 saturated carbocycles. The summed E-state index contributed by atoms with van der Waals surface area (Å²) in [6.45, 7) is 6.63. The fraction of sp³-hybridized carbons (Fsp3) is 0.381. The highest BCUT2D eigenvalue weighted by Crippen LogP contribution is 2.28. The van der Waals surface area contributed by atoms with E-state index in [-0.39, 0.29) is 11.7 Å². The number of hydrogen-bond acceptors (Lipinski definition) is 4. The molecule has 0 saturated heterocycles. The zero-order valence-electron chi connectivity index (χ0n) is 17.4. The van der Waals surface area contributed by atoms with Crippen LogP contribution >= 0.6 is 11.8 Å². The maximum atomic E-state index is 13.4. The molecule has 0 bridgehead atoms. The van der Waals surface area contributed by atoms with Crippen LogP contribution in [-0.4, -0.2) is 43.4 Å². The van der Waals surface area contributed by atoms with Crippen LogP contribution in [0.5, 0.6) is 0 Å². The van der Waals surface area contributed by atoms with Crippen LogP contribution in [0.1, 0.15) is 35.6 Å². The number of benzene rings is 1. The summed E-state index contributed by atoms with van der Waals surface area (Å²) in [5.74, 6) is 0.885. The number of hydrogen-bond donors (Lipinski definition) is 1. The predicted molar refractivity (Wildman–Crippen MR) is 113 cm³/mol. The van der Waals surface area contributed by atoms with Crippen LogP contribution in [0, 0.1) is 18.7 Å². The molecule has 0 aliphatic rings. The average Bonchev–Trinajstić information content (AvgIpc) is 3.23. The SMILES string of the molecule is Cc1nn(C)cc1CN(C)C(=O)c1[nH]c(SCC(C)C)nc1-c1ccc(F)cc1. The maximum Gasteiger partial charge on any atom is 0.272 e. The van der Waals surface area contributed by atoms with Gasteiger partial charge in [0.05, 0.1) is 5.69 Å². The van der Waals surface area contributed by atoms with E-state index >= 15 is 0 Å². The van der Waals surface area contributed by atoms with Crippen molar-refractivity contribution in [3.63, 3.8) is 0 Å². The summed E-state index contributed by atoms with van der Waals surface area (Å²) in [5.41, 5.74) is 3.53. The third-order valence-electron chi connectivity index (χ3n) is 4.44. The first-order chi connectivity index (χ1) is 13.7. The molecule has 0 spiro atoms. The van der Waals surface area contributed by atoms with Crippen LogP contribution in [0.2, 0.25) is 0 Å². The molecule has 0 atom stereocenters. The number of thioether (sulfide) groups is 1. The van der Waals surface area contributed by atoms with Crippen molar-refractivity contribution >= 4 is 17.7 Å². The summed E-state index contributed by atoms with van der Waals surface area (Å²) in [4.78, 5) is 22.7. The van der Waals surface area contributed by atoms with E-state index in [9.17, 15) is 9.18 Å². The number of halogens is 1. The summed E-state index contributed by atoms with van der Waals surface area (Å²) in [5, 5.41) is 5.02. The smallest absolute Gasteiger partial charge is 0.272 e. The number of nitrogens with one attached hydrogen (secondary N) is 1. The molecule has 0 aliphatic heterocycles. The van der Waals surface area contributed by atoms with Crippen molar-refractivity contribution in [3.8, 4) is 11.3 Å². The van der Waals surface area contributed by atoms with Gasteiger partial charge >= 0.3 is 0 Å². The highest BCUT2D eigenvalue weighted by Gasteiger charge is 2.23. The molecule has 0 fully saturated rings. The number of amides is 1. The van der Waals surface area contributed by atoms with E-state index < -0.39 is 0 Å². The number of aryl methyl sites for hydroxylation is 2. The first-order valence-corrected chi connectivity index (χ1v) is 10.5. The molecule has 6 nitrogen and oxygen atoms in total.